The fourth-order valence-corrected chi connectivity index (χ4v) is 3.93. The molecule has 1 aliphatic rings. The van der Waals surface area contributed by atoms with Crippen molar-refractivity contribution < 1.29 is 9.53 Å². The lowest BCUT2D eigenvalue weighted by atomic mass is 10.0. The molecular weight excluding hydrogens is 362 g/mol. The minimum absolute atomic E-state index is 0.0729. The van der Waals surface area contributed by atoms with Gasteiger partial charge in [0.15, 0.2) is 0 Å². The van der Waals surface area contributed by atoms with Gasteiger partial charge in [0, 0.05) is 31.9 Å². The van der Waals surface area contributed by atoms with Crippen LogP contribution in [0.15, 0.2) is 42.5 Å². The molecule has 0 saturated carbocycles. The van der Waals surface area contributed by atoms with E-state index in [1.54, 1.807) is 0 Å². The number of nitrogens with zero attached hydrogens (tertiary/aromatic N) is 2. The quantitative estimate of drug-likeness (QED) is 0.735. The third-order valence-electron chi connectivity index (χ3n) is 5.51. The van der Waals surface area contributed by atoms with E-state index >= 15 is 0 Å². The molecule has 0 atom stereocenters. The number of benzene rings is 2. The first-order valence-electron chi connectivity index (χ1n) is 10.8. The second-order valence-corrected chi connectivity index (χ2v) is 7.37. The van der Waals surface area contributed by atoms with E-state index in [1.165, 1.54) is 11.1 Å². The molecule has 1 N–H and O–H groups in total. The van der Waals surface area contributed by atoms with E-state index < -0.39 is 0 Å². The summed E-state index contributed by atoms with van der Waals surface area (Å²) in [6.07, 6.45) is 1.84. The highest BCUT2D eigenvalue weighted by Crippen LogP contribution is 2.29. The van der Waals surface area contributed by atoms with E-state index in [9.17, 15) is 4.79 Å². The topological polar surface area (TPSA) is 44.8 Å². The molecule has 2 aromatic carbocycles. The maximum absolute atomic E-state index is 12.7. The molecule has 5 nitrogen and oxygen atoms in total. The molecule has 0 radical (unpaired) electrons. The Balaban J connectivity index is 1.57. The van der Waals surface area contributed by atoms with Crippen LogP contribution in [0.5, 0.6) is 5.75 Å². The van der Waals surface area contributed by atoms with E-state index in [4.69, 9.17) is 4.74 Å². The fourth-order valence-electron chi connectivity index (χ4n) is 3.93. The summed E-state index contributed by atoms with van der Waals surface area (Å²) >= 11 is 0. The maximum atomic E-state index is 12.7. The lowest BCUT2D eigenvalue weighted by Crippen LogP contribution is -2.48. The standard InChI is InChI=1S/C24H33N3O2/c1-4-19-10-9-11-20(5-2)24(19)25-23(28)18-26-14-16-27(17-15-26)21-12-7-8-13-22(21)29-6-3/h7-13H,4-6,14-18H2,1-3H3,(H,25,28). The summed E-state index contributed by atoms with van der Waals surface area (Å²) in [6.45, 7) is 10.9. The van der Waals surface area contributed by atoms with E-state index in [0.717, 1.165) is 56.1 Å². The number of hydrogen-bond acceptors (Lipinski definition) is 4. The molecule has 156 valence electrons. The number of ether oxygens (including phenoxy) is 1. The SMILES string of the molecule is CCOc1ccccc1N1CCN(CC(=O)Nc2c(CC)cccc2CC)CC1. The Labute approximate surface area is 174 Å². The van der Waals surface area contributed by atoms with Crippen LogP contribution in [-0.4, -0.2) is 50.1 Å². The minimum Gasteiger partial charge on any atom is -0.492 e. The first-order chi connectivity index (χ1) is 14.2. The van der Waals surface area contributed by atoms with Crippen LogP contribution in [-0.2, 0) is 17.6 Å². The summed E-state index contributed by atoms with van der Waals surface area (Å²) in [4.78, 5) is 17.3. The van der Waals surface area contributed by atoms with Crippen LogP contribution >= 0.6 is 0 Å². The Bertz CT molecular complexity index is 791. The summed E-state index contributed by atoms with van der Waals surface area (Å²) in [5, 5.41) is 3.18. The number of carbonyl (C=O) groups is 1. The molecule has 0 spiro atoms. The summed E-state index contributed by atoms with van der Waals surface area (Å²) in [5.74, 6) is 1.01. The normalized spacial score (nSPS) is 14.7. The smallest absolute Gasteiger partial charge is 0.238 e. The minimum atomic E-state index is 0.0729. The highest BCUT2D eigenvalue weighted by Gasteiger charge is 2.21. The highest BCUT2D eigenvalue weighted by atomic mass is 16.5. The molecule has 5 heteroatoms. The van der Waals surface area contributed by atoms with E-state index in [-0.39, 0.29) is 5.91 Å². The van der Waals surface area contributed by atoms with Crippen molar-refractivity contribution in [3.05, 3.63) is 53.6 Å². The number of rotatable bonds is 8. The van der Waals surface area contributed by atoms with Crippen molar-refractivity contribution in [2.24, 2.45) is 0 Å². The highest BCUT2D eigenvalue weighted by molar-refractivity contribution is 5.93. The molecule has 0 aliphatic carbocycles. The van der Waals surface area contributed by atoms with Crippen LogP contribution in [0.4, 0.5) is 11.4 Å². The van der Waals surface area contributed by atoms with E-state index in [2.05, 4.69) is 53.2 Å². The Morgan fingerprint density at radius 1 is 0.931 bits per heavy atom. The number of nitrogens with one attached hydrogen (secondary N) is 1. The first kappa shape index (κ1) is 21.2. The summed E-state index contributed by atoms with van der Waals surface area (Å²) in [7, 11) is 0. The van der Waals surface area contributed by atoms with Gasteiger partial charge < -0.3 is 15.0 Å². The summed E-state index contributed by atoms with van der Waals surface area (Å²) in [6, 6.07) is 14.5. The van der Waals surface area contributed by atoms with Gasteiger partial charge in [0.1, 0.15) is 5.75 Å². The number of amides is 1. The molecule has 1 aliphatic heterocycles. The third kappa shape index (κ3) is 5.30. The van der Waals surface area contributed by atoms with Crippen molar-refractivity contribution in [1.82, 2.24) is 4.90 Å². The van der Waals surface area contributed by atoms with Gasteiger partial charge in [-0.1, -0.05) is 44.2 Å². The number of anilines is 2. The molecule has 0 unspecified atom stereocenters. The predicted octanol–water partition coefficient (Wildman–Crippen LogP) is 3.97. The molecule has 29 heavy (non-hydrogen) atoms. The van der Waals surface area contributed by atoms with Crippen LogP contribution in [0.1, 0.15) is 31.9 Å². The maximum Gasteiger partial charge on any atom is 0.238 e. The lowest BCUT2D eigenvalue weighted by Gasteiger charge is -2.36. The number of carbonyl (C=O) groups excluding carboxylic acids is 1. The average Bonchev–Trinajstić information content (AvgIpc) is 2.75. The molecular formula is C24H33N3O2. The number of piperazine rings is 1. The number of aryl methyl sites for hydroxylation is 2. The Morgan fingerprint density at radius 3 is 2.21 bits per heavy atom. The van der Waals surface area contributed by atoms with Crippen LogP contribution in [0.25, 0.3) is 0 Å². The van der Waals surface area contributed by atoms with Gasteiger partial charge in [0.2, 0.25) is 5.91 Å². The predicted molar refractivity (Wildman–Crippen MR) is 120 cm³/mol. The zero-order valence-electron chi connectivity index (χ0n) is 17.9. The largest absolute Gasteiger partial charge is 0.492 e. The molecule has 3 rings (SSSR count). The number of hydrogen-bond donors (Lipinski definition) is 1. The van der Waals surface area contributed by atoms with Crippen LogP contribution in [0, 0.1) is 0 Å². The van der Waals surface area contributed by atoms with E-state index in [0.29, 0.717) is 13.2 Å². The molecule has 0 aromatic heterocycles. The monoisotopic (exact) mass is 395 g/mol. The zero-order valence-corrected chi connectivity index (χ0v) is 17.9. The summed E-state index contributed by atoms with van der Waals surface area (Å²) < 4.78 is 5.77. The molecule has 1 saturated heterocycles. The van der Waals surface area contributed by atoms with Gasteiger partial charge in [0.05, 0.1) is 18.8 Å². The van der Waals surface area contributed by atoms with Gasteiger partial charge in [-0.15, -0.1) is 0 Å². The van der Waals surface area contributed by atoms with E-state index in [1.807, 2.05) is 25.1 Å². The second-order valence-electron chi connectivity index (χ2n) is 7.37. The Hall–Kier alpha value is -2.53. The van der Waals surface area contributed by atoms with Crippen LogP contribution < -0.4 is 15.0 Å². The van der Waals surface area contributed by atoms with Crippen LogP contribution in [0.3, 0.4) is 0 Å². The van der Waals surface area contributed by atoms with Gasteiger partial charge in [0.25, 0.3) is 0 Å². The molecule has 2 aromatic rings. The lowest BCUT2D eigenvalue weighted by molar-refractivity contribution is -0.117. The van der Waals surface area contributed by atoms with Crippen molar-refractivity contribution in [1.29, 1.82) is 0 Å². The average molecular weight is 396 g/mol. The van der Waals surface area contributed by atoms with Crippen molar-refractivity contribution in [2.75, 3.05) is 49.5 Å². The Morgan fingerprint density at radius 2 is 1.59 bits per heavy atom. The van der Waals surface area contributed by atoms with Gasteiger partial charge in [-0.2, -0.15) is 0 Å². The number of para-hydroxylation sites is 3. The molecule has 1 heterocycles. The van der Waals surface area contributed by atoms with Crippen molar-refractivity contribution in [2.45, 2.75) is 33.6 Å². The van der Waals surface area contributed by atoms with Gasteiger partial charge >= 0.3 is 0 Å². The van der Waals surface area contributed by atoms with Gasteiger partial charge in [-0.3, -0.25) is 9.69 Å². The first-order valence-corrected chi connectivity index (χ1v) is 10.8. The van der Waals surface area contributed by atoms with Crippen molar-refractivity contribution in [3.63, 3.8) is 0 Å². The molecule has 1 amide bonds. The third-order valence-corrected chi connectivity index (χ3v) is 5.51. The van der Waals surface area contributed by atoms with Crippen molar-refractivity contribution in [3.8, 4) is 5.75 Å². The second kappa shape index (κ2) is 10.3. The fraction of sp³-hybridized carbons (Fsp3) is 0.458. The zero-order chi connectivity index (χ0) is 20.6. The molecule has 0 bridgehead atoms. The summed E-state index contributed by atoms with van der Waals surface area (Å²) in [5.41, 5.74) is 4.56. The van der Waals surface area contributed by atoms with Crippen molar-refractivity contribution >= 4 is 17.3 Å². The van der Waals surface area contributed by atoms with Crippen LogP contribution in [0.2, 0.25) is 0 Å². The van der Waals surface area contributed by atoms with Gasteiger partial charge in [-0.25, -0.2) is 0 Å². The Kier molecular flexibility index (Phi) is 7.53. The van der Waals surface area contributed by atoms with Gasteiger partial charge in [-0.05, 0) is 43.0 Å². The molecule has 1 fully saturated rings.